The predicted molar refractivity (Wildman–Crippen MR) is 84.6 cm³/mol. The van der Waals surface area contributed by atoms with Crippen LogP contribution in [0.25, 0.3) is 11.5 Å². The van der Waals surface area contributed by atoms with E-state index in [0.717, 1.165) is 18.7 Å². The number of halogens is 2. The Balaban J connectivity index is 1.91. The molecule has 112 valence electrons. The summed E-state index contributed by atoms with van der Waals surface area (Å²) >= 11 is 12.1. The third kappa shape index (κ3) is 3.16. The molecule has 1 aliphatic carbocycles. The number of nitrogens with zero attached hydrogens (tertiary/aromatic N) is 2. The van der Waals surface area contributed by atoms with Gasteiger partial charge in [-0.2, -0.15) is 4.98 Å². The number of hydrogen-bond donors (Lipinski definition) is 1. The van der Waals surface area contributed by atoms with Gasteiger partial charge < -0.3 is 10.3 Å². The van der Waals surface area contributed by atoms with E-state index in [4.69, 9.17) is 33.5 Å². The molecule has 1 aromatic heterocycles. The van der Waals surface area contributed by atoms with Crippen molar-refractivity contribution in [2.75, 3.05) is 5.73 Å². The fourth-order valence-corrected chi connectivity index (χ4v) is 3.30. The number of hydrogen-bond acceptors (Lipinski definition) is 4. The lowest BCUT2D eigenvalue weighted by Crippen LogP contribution is -1.99. The van der Waals surface area contributed by atoms with Gasteiger partial charge in [0.1, 0.15) is 0 Å². The zero-order chi connectivity index (χ0) is 14.8. The van der Waals surface area contributed by atoms with Gasteiger partial charge in [-0.05, 0) is 25.0 Å². The van der Waals surface area contributed by atoms with E-state index < -0.39 is 0 Å². The molecule has 0 radical (unpaired) electrons. The first-order chi connectivity index (χ1) is 10.1. The highest BCUT2D eigenvalue weighted by molar-refractivity contribution is 6.37. The summed E-state index contributed by atoms with van der Waals surface area (Å²) in [5, 5.41) is 5.02. The summed E-state index contributed by atoms with van der Waals surface area (Å²) in [6, 6.07) is 3.30. The zero-order valence-corrected chi connectivity index (χ0v) is 13.1. The van der Waals surface area contributed by atoms with Crippen LogP contribution in [-0.4, -0.2) is 10.1 Å². The van der Waals surface area contributed by atoms with Crippen LogP contribution in [0.15, 0.2) is 16.7 Å². The highest BCUT2D eigenvalue weighted by Crippen LogP contribution is 2.36. The molecule has 0 atom stereocenters. The minimum Gasteiger partial charge on any atom is -0.397 e. The molecule has 3 rings (SSSR count). The van der Waals surface area contributed by atoms with Crippen LogP contribution >= 0.6 is 23.2 Å². The van der Waals surface area contributed by atoms with Crippen molar-refractivity contribution in [2.24, 2.45) is 0 Å². The van der Waals surface area contributed by atoms with Gasteiger partial charge in [0.15, 0.2) is 5.82 Å². The molecule has 6 heteroatoms. The topological polar surface area (TPSA) is 64.9 Å². The maximum Gasteiger partial charge on any atom is 0.260 e. The molecule has 21 heavy (non-hydrogen) atoms. The summed E-state index contributed by atoms with van der Waals surface area (Å²) in [6.07, 6.45) is 7.25. The van der Waals surface area contributed by atoms with Gasteiger partial charge in [-0.1, -0.05) is 54.0 Å². The molecule has 0 spiro atoms. The molecule has 0 unspecified atom stereocenters. The minimum atomic E-state index is 0.376. The van der Waals surface area contributed by atoms with Gasteiger partial charge in [-0.25, -0.2) is 0 Å². The second-order valence-electron chi connectivity index (χ2n) is 5.50. The summed E-state index contributed by atoms with van der Waals surface area (Å²) in [6.45, 7) is 0. The minimum absolute atomic E-state index is 0.376. The Morgan fingerprint density at radius 2 is 1.81 bits per heavy atom. The molecule has 0 amide bonds. The van der Waals surface area contributed by atoms with Crippen LogP contribution in [0.4, 0.5) is 5.69 Å². The van der Waals surface area contributed by atoms with Crippen molar-refractivity contribution in [2.45, 2.75) is 44.4 Å². The lowest BCUT2D eigenvalue weighted by atomic mass is 10.00. The molecule has 0 aliphatic heterocycles. The van der Waals surface area contributed by atoms with Crippen LogP contribution in [0, 0.1) is 0 Å². The van der Waals surface area contributed by atoms with Crippen LogP contribution in [-0.2, 0) is 0 Å². The third-order valence-electron chi connectivity index (χ3n) is 3.99. The molecular formula is C15H17Cl2N3O. The Morgan fingerprint density at radius 3 is 2.52 bits per heavy atom. The molecule has 1 aliphatic rings. The largest absolute Gasteiger partial charge is 0.397 e. The summed E-state index contributed by atoms with van der Waals surface area (Å²) in [7, 11) is 0. The van der Waals surface area contributed by atoms with Crippen LogP contribution in [0.3, 0.4) is 0 Å². The average molecular weight is 326 g/mol. The van der Waals surface area contributed by atoms with E-state index in [0.29, 0.717) is 33.1 Å². The molecular weight excluding hydrogens is 309 g/mol. The van der Waals surface area contributed by atoms with E-state index in [2.05, 4.69) is 10.1 Å². The molecule has 2 aromatic rings. The normalized spacial score (nSPS) is 16.9. The monoisotopic (exact) mass is 325 g/mol. The van der Waals surface area contributed by atoms with Crippen molar-refractivity contribution in [1.29, 1.82) is 0 Å². The van der Waals surface area contributed by atoms with Gasteiger partial charge >= 0.3 is 0 Å². The molecule has 4 nitrogen and oxygen atoms in total. The first kappa shape index (κ1) is 14.7. The van der Waals surface area contributed by atoms with E-state index in [1.54, 1.807) is 12.1 Å². The quantitative estimate of drug-likeness (QED) is 0.618. The fraction of sp³-hybridized carbons (Fsp3) is 0.467. The first-order valence-electron chi connectivity index (χ1n) is 7.23. The Hall–Kier alpha value is -1.26. The second kappa shape index (κ2) is 6.24. The maximum atomic E-state index is 6.05. The van der Waals surface area contributed by atoms with E-state index >= 15 is 0 Å². The second-order valence-corrected chi connectivity index (χ2v) is 6.34. The van der Waals surface area contributed by atoms with E-state index in [-0.39, 0.29) is 0 Å². The van der Waals surface area contributed by atoms with Gasteiger partial charge in [-0.3, -0.25) is 0 Å². The van der Waals surface area contributed by atoms with Gasteiger partial charge in [0.05, 0.1) is 16.3 Å². The molecule has 0 bridgehead atoms. The molecule has 1 saturated carbocycles. The highest BCUT2D eigenvalue weighted by atomic mass is 35.5. The third-order valence-corrected chi connectivity index (χ3v) is 4.52. The number of nitrogen functional groups attached to an aromatic ring is 1. The standard InChI is InChI=1S/C15H17Cl2N3O/c16-10-7-11(13(18)12(17)8-10)15-19-14(20-21-15)9-5-3-1-2-4-6-9/h7-9H,1-6,18H2. The van der Waals surface area contributed by atoms with Gasteiger partial charge in [0.2, 0.25) is 0 Å². The molecule has 1 fully saturated rings. The van der Waals surface area contributed by atoms with Gasteiger partial charge in [0.25, 0.3) is 5.89 Å². The number of anilines is 1. The Labute approximate surface area is 133 Å². The van der Waals surface area contributed by atoms with Crippen molar-refractivity contribution in [3.8, 4) is 11.5 Å². The predicted octanol–water partition coefficient (Wildman–Crippen LogP) is 5.06. The fourth-order valence-electron chi connectivity index (χ4n) is 2.81. The summed E-state index contributed by atoms with van der Waals surface area (Å²) < 4.78 is 5.38. The van der Waals surface area contributed by atoms with Crippen LogP contribution < -0.4 is 5.73 Å². The maximum absolute atomic E-state index is 6.05. The lowest BCUT2D eigenvalue weighted by Gasteiger charge is -2.07. The smallest absolute Gasteiger partial charge is 0.260 e. The van der Waals surface area contributed by atoms with Gasteiger partial charge in [-0.15, -0.1) is 0 Å². The van der Waals surface area contributed by atoms with Crippen LogP contribution in [0.2, 0.25) is 10.0 Å². The SMILES string of the molecule is Nc1c(Cl)cc(Cl)cc1-c1nc(C2CCCCCC2)no1. The van der Waals surface area contributed by atoms with Gasteiger partial charge in [0, 0.05) is 10.9 Å². The van der Waals surface area contributed by atoms with E-state index in [1.165, 1.54) is 25.7 Å². The number of nitrogens with two attached hydrogens (primary N) is 1. The Morgan fingerprint density at radius 1 is 1.10 bits per heavy atom. The Bertz CT molecular complexity index is 634. The molecule has 0 saturated heterocycles. The summed E-state index contributed by atoms with van der Waals surface area (Å²) in [5.74, 6) is 1.53. The molecule has 2 N–H and O–H groups in total. The van der Waals surface area contributed by atoms with Crippen molar-refractivity contribution >= 4 is 28.9 Å². The van der Waals surface area contributed by atoms with E-state index in [1.807, 2.05) is 0 Å². The van der Waals surface area contributed by atoms with Crippen LogP contribution in [0.5, 0.6) is 0 Å². The van der Waals surface area contributed by atoms with Crippen molar-refractivity contribution in [3.63, 3.8) is 0 Å². The lowest BCUT2D eigenvalue weighted by molar-refractivity contribution is 0.410. The average Bonchev–Trinajstić information content (AvgIpc) is 2.78. The van der Waals surface area contributed by atoms with Crippen molar-refractivity contribution < 1.29 is 4.52 Å². The summed E-state index contributed by atoms with van der Waals surface area (Å²) in [5.41, 5.74) is 6.99. The number of rotatable bonds is 2. The number of benzene rings is 1. The van der Waals surface area contributed by atoms with Crippen LogP contribution in [0.1, 0.15) is 50.3 Å². The Kier molecular flexibility index (Phi) is 4.36. The van der Waals surface area contributed by atoms with Crippen molar-refractivity contribution in [3.05, 3.63) is 28.0 Å². The summed E-state index contributed by atoms with van der Waals surface area (Å²) in [4.78, 5) is 4.51. The molecule has 1 heterocycles. The first-order valence-corrected chi connectivity index (χ1v) is 7.99. The van der Waals surface area contributed by atoms with Crippen molar-refractivity contribution in [1.82, 2.24) is 10.1 Å². The highest BCUT2D eigenvalue weighted by Gasteiger charge is 2.21. The van der Waals surface area contributed by atoms with E-state index in [9.17, 15) is 0 Å². The number of aromatic nitrogens is 2. The zero-order valence-electron chi connectivity index (χ0n) is 11.6. The molecule has 1 aromatic carbocycles.